The van der Waals surface area contributed by atoms with Crippen LogP contribution in [0.25, 0.3) is 0 Å². The zero-order chi connectivity index (χ0) is 14.4. The summed E-state index contributed by atoms with van der Waals surface area (Å²) in [4.78, 5) is 12.8. The third-order valence-electron chi connectivity index (χ3n) is 4.78. The highest BCUT2D eigenvalue weighted by molar-refractivity contribution is 5.90. The van der Waals surface area contributed by atoms with Crippen molar-refractivity contribution in [1.82, 2.24) is 0 Å². The summed E-state index contributed by atoms with van der Waals surface area (Å²) >= 11 is 0. The van der Waals surface area contributed by atoms with Crippen molar-refractivity contribution >= 4 is 5.78 Å². The second-order valence-electron chi connectivity index (χ2n) is 5.75. The van der Waals surface area contributed by atoms with Crippen LogP contribution in [0.1, 0.15) is 57.9 Å². The van der Waals surface area contributed by atoms with Gasteiger partial charge in [-0.15, -0.1) is 0 Å². The van der Waals surface area contributed by atoms with Gasteiger partial charge in [-0.1, -0.05) is 44.2 Å². The quantitative estimate of drug-likeness (QED) is 0.742. The molecule has 1 aromatic carbocycles. The molecule has 1 fully saturated rings. The van der Waals surface area contributed by atoms with Crippen molar-refractivity contribution in [3.63, 3.8) is 0 Å². The van der Waals surface area contributed by atoms with Crippen LogP contribution in [0.3, 0.4) is 0 Å². The molecule has 0 N–H and O–H groups in total. The zero-order valence-electron chi connectivity index (χ0n) is 12.7. The lowest BCUT2D eigenvalue weighted by Crippen LogP contribution is -2.35. The largest absolute Gasteiger partial charge is 0.378 e. The fourth-order valence-electron chi connectivity index (χ4n) is 3.37. The average Bonchev–Trinajstić information content (AvgIpc) is 3.01. The molecule has 20 heavy (non-hydrogen) atoms. The molecular formula is C18H26O2. The minimum atomic E-state index is -0.306. The Balaban J connectivity index is 2.08. The Hall–Kier alpha value is -1.15. The number of benzene rings is 1. The van der Waals surface area contributed by atoms with Crippen molar-refractivity contribution in [1.29, 1.82) is 0 Å². The van der Waals surface area contributed by atoms with E-state index in [-0.39, 0.29) is 5.41 Å². The van der Waals surface area contributed by atoms with Gasteiger partial charge < -0.3 is 4.74 Å². The van der Waals surface area contributed by atoms with Gasteiger partial charge in [0.05, 0.1) is 11.5 Å². The molecule has 110 valence electrons. The van der Waals surface area contributed by atoms with Crippen LogP contribution in [0.2, 0.25) is 0 Å². The summed E-state index contributed by atoms with van der Waals surface area (Å²) in [6, 6.07) is 10.3. The van der Waals surface area contributed by atoms with Crippen molar-refractivity contribution < 1.29 is 9.53 Å². The molecule has 0 aliphatic carbocycles. The summed E-state index contributed by atoms with van der Waals surface area (Å²) in [5, 5.41) is 0. The van der Waals surface area contributed by atoms with Crippen LogP contribution in [0, 0.1) is 0 Å². The van der Waals surface area contributed by atoms with Gasteiger partial charge in [0.1, 0.15) is 5.78 Å². The second-order valence-corrected chi connectivity index (χ2v) is 5.75. The molecule has 2 heteroatoms. The average molecular weight is 274 g/mol. The number of carbonyl (C=O) groups excluding carboxylic acids is 1. The minimum absolute atomic E-state index is 0.306. The van der Waals surface area contributed by atoms with Crippen LogP contribution in [0.5, 0.6) is 0 Å². The van der Waals surface area contributed by atoms with Gasteiger partial charge in [0, 0.05) is 13.0 Å². The molecule has 0 amide bonds. The molecule has 1 unspecified atom stereocenters. The standard InChI is InChI=1S/C18H26O2/c1-3-18(4-2,15-9-6-5-7-10-15)17(19)13-12-16-11-8-14-20-16/h5-7,9-10,16H,3-4,8,11-14H2,1-2H3. The van der Waals surface area contributed by atoms with Crippen molar-refractivity contribution in [3.8, 4) is 0 Å². The summed E-state index contributed by atoms with van der Waals surface area (Å²) in [7, 11) is 0. The molecule has 0 radical (unpaired) electrons. The van der Waals surface area contributed by atoms with E-state index in [1.54, 1.807) is 0 Å². The first-order valence-corrected chi connectivity index (χ1v) is 7.93. The molecule has 0 aromatic heterocycles. The first kappa shape index (κ1) is 15.2. The predicted molar refractivity (Wildman–Crippen MR) is 81.9 cm³/mol. The minimum Gasteiger partial charge on any atom is -0.378 e. The van der Waals surface area contributed by atoms with E-state index in [0.29, 0.717) is 18.3 Å². The zero-order valence-corrected chi connectivity index (χ0v) is 12.7. The number of ether oxygens (including phenoxy) is 1. The molecule has 1 saturated heterocycles. The van der Waals surface area contributed by atoms with Crippen molar-refractivity contribution in [2.24, 2.45) is 0 Å². The summed E-state index contributed by atoms with van der Waals surface area (Å²) < 4.78 is 5.64. The lowest BCUT2D eigenvalue weighted by Gasteiger charge is -2.31. The molecule has 2 rings (SSSR count). The first-order chi connectivity index (χ1) is 9.73. The van der Waals surface area contributed by atoms with Crippen molar-refractivity contribution in [3.05, 3.63) is 35.9 Å². The lowest BCUT2D eigenvalue weighted by atomic mass is 9.71. The van der Waals surface area contributed by atoms with Crippen LogP contribution in [0.15, 0.2) is 30.3 Å². The van der Waals surface area contributed by atoms with Gasteiger partial charge in [0.2, 0.25) is 0 Å². The molecule has 2 nitrogen and oxygen atoms in total. The number of hydrogen-bond donors (Lipinski definition) is 0. The topological polar surface area (TPSA) is 26.3 Å². The van der Waals surface area contributed by atoms with Gasteiger partial charge in [-0.3, -0.25) is 4.79 Å². The van der Waals surface area contributed by atoms with E-state index in [4.69, 9.17) is 4.74 Å². The third kappa shape index (κ3) is 3.12. The molecule has 0 bridgehead atoms. The van der Waals surface area contributed by atoms with Crippen LogP contribution in [-0.2, 0) is 14.9 Å². The van der Waals surface area contributed by atoms with Crippen molar-refractivity contribution in [2.75, 3.05) is 6.61 Å². The maximum absolute atomic E-state index is 12.8. The van der Waals surface area contributed by atoms with Gasteiger partial charge in [-0.2, -0.15) is 0 Å². The molecule has 1 aliphatic rings. The third-order valence-corrected chi connectivity index (χ3v) is 4.78. The van der Waals surface area contributed by atoms with Crippen LogP contribution >= 0.6 is 0 Å². The Morgan fingerprint density at radius 1 is 1.25 bits per heavy atom. The van der Waals surface area contributed by atoms with Gasteiger partial charge in [0.25, 0.3) is 0 Å². The highest BCUT2D eigenvalue weighted by atomic mass is 16.5. The highest BCUT2D eigenvalue weighted by Crippen LogP contribution is 2.34. The van der Waals surface area contributed by atoms with E-state index in [9.17, 15) is 4.79 Å². The van der Waals surface area contributed by atoms with Gasteiger partial charge in [-0.05, 0) is 37.7 Å². The number of carbonyl (C=O) groups is 1. The van der Waals surface area contributed by atoms with E-state index < -0.39 is 0 Å². The predicted octanol–water partition coefficient (Wildman–Crippen LogP) is 4.27. The molecular weight excluding hydrogens is 248 g/mol. The van der Waals surface area contributed by atoms with Crippen molar-refractivity contribution in [2.45, 2.75) is 63.9 Å². The normalized spacial score (nSPS) is 19.2. The number of hydrogen-bond acceptors (Lipinski definition) is 2. The van der Waals surface area contributed by atoms with Gasteiger partial charge >= 0.3 is 0 Å². The summed E-state index contributed by atoms with van der Waals surface area (Å²) in [5.41, 5.74) is 0.863. The van der Waals surface area contributed by atoms with E-state index in [2.05, 4.69) is 26.0 Å². The smallest absolute Gasteiger partial charge is 0.143 e. The molecule has 0 saturated carbocycles. The van der Waals surface area contributed by atoms with Crippen LogP contribution < -0.4 is 0 Å². The molecule has 1 aliphatic heterocycles. The fourth-order valence-corrected chi connectivity index (χ4v) is 3.37. The monoisotopic (exact) mass is 274 g/mol. The molecule has 1 atom stereocenters. The Morgan fingerprint density at radius 3 is 2.50 bits per heavy atom. The Kier molecular flexibility index (Phi) is 5.36. The Bertz CT molecular complexity index is 414. The lowest BCUT2D eigenvalue weighted by molar-refractivity contribution is -0.125. The number of Topliss-reactive ketones (excluding diaryl/α,β-unsaturated/α-hetero) is 1. The summed E-state index contributed by atoms with van der Waals surface area (Å²) in [5.74, 6) is 0.379. The number of ketones is 1. The maximum Gasteiger partial charge on any atom is 0.143 e. The Morgan fingerprint density at radius 2 is 1.95 bits per heavy atom. The fraction of sp³-hybridized carbons (Fsp3) is 0.611. The van der Waals surface area contributed by atoms with Crippen LogP contribution in [-0.4, -0.2) is 18.5 Å². The van der Waals surface area contributed by atoms with Gasteiger partial charge in [0.15, 0.2) is 0 Å². The summed E-state index contributed by atoms with van der Waals surface area (Å²) in [6.45, 7) is 5.12. The van der Waals surface area contributed by atoms with E-state index in [0.717, 1.165) is 38.7 Å². The first-order valence-electron chi connectivity index (χ1n) is 7.93. The SMILES string of the molecule is CCC(CC)(C(=O)CCC1CCCO1)c1ccccc1. The summed E-state index contributed by atoms with van der Waals surface area (Å²) in [6.07, 6.45) is 5.83. The van der Waals surface area contributed by atoms with Gasteiger partial charge in [-0.25, -0.2) is 0 Å². The van der Waals surface area contributed by atoms with Crippen LogP contribution in [0.4, 0.5) is 0 Å². The Labute approximate surface area is 122 Å². The number of rotatable bonds is 7. The molecule has 1 aromatic rings. The molecule has 1 heterocycles. The highest BCUT2D eigenvalue weighted by Gasteiger charge is 2.36. The maximum atomic E-state index is 12.8. The van der Waals surface area contributed by atoms with E-state index in [1.165, 1.54) is 5.56 Å². The second kappa shape index (κ2) is 7.03. The van der Waals surface area contributed by atoms with E-state index >= 15 is 0 Å². The molecule has 0 spiro atoms. The van der Waals surface area contributed by atoms with E-state index in [1.807, 2.05) is 18.2 Å².